The minimum absolute atomic E-state index is 1.63. The number of hydrogen-bond acceptors (Lipinski definition) is 3. The molecule has 0 saturated carbocycles. The van der Waals surface area contributed by atoms with Gasteiger partial charge in [-0.05, 0) is 0 Å². The van der Waals surface area contributed by atoms with E-state index in [1.165, 1.54) is 0 Å². The molecule has 124 valence electrons. The molecule has 0 aliphatic carbocycles. The Balaban J connectivity index is 3.62. The molecule has 1 atom stereocenters. The zero-order chi connectivity index (χ0) is 17.1. The Labute approximate surface area is 107 Å². The minimum Gasteiger partial charge on any atom is -0.384 e. The van der Waals surface area contributed by atoms with Crippen molar-refractivity contribution in [3.63, 3.8) is 0 Å². The molecular formula is C7H3F11N2O. The molecule has 0 fully saturated rings. The molecule has 0 aromatic carbocycles. The second-order valence-electron chi connectivity index (χ2n) is 3.77. The number of nitrogens with zero attached hydrogens (tertiary/aromatic N) is 1. The first-order chi connectivity index (χ1) is 9.03. The van der Waals surface area contributed by atoms with Crippen LogP contribution in [-0.4, -0.2) is 42.1 Å². The molecule has 1 rings (SSSR count). The van der Waals surface area contributed by atoms with Crippen molar-refractivity contribution in [2.75, 3.05) is 0 Å². The predicted molar refractivity (Wildman–Crippen MR) is 42.3 cm³/mol. The molecule has 0 radical (unpaired) electrons. The van der Waals surface area contributed by atoms with E-state index in [0.717, 1.165) is 0 Å². The number of alkyl halides is 11. The molecule has 0 spiro atoms. The third kappa shape index (κ3) is 2.19. The maximum atomic E-state index is 12.5. The van der Waals surface area contributed by atoms with Crippen LogP contribution in [-0.2, 0) is 4.74 Å². The molecule has 0 saturated heterocycles. The van der Waals surface area contributed by atoms with Gasteiger partial charge in [0.25, 0.3) is 6.43 Å². The van der Waals surface area contributed by atoms with E-state index in [1.807, 2.05) is 0 Å². The van der Waals surface area contributed by atoms with Crippen molar-refractivity contribution < 1.29 is 53.0 Å². The third-order valence-corrected chi connectivity index (χ3v) is 2.46. The molecule has 0 bridgehead atoms. The zero-order valence-electron chi connectivity index (χ0n) is 9.17. The lowest BCUT2D eigenvalue weighted by atomic mass is 10.0. The van der Waals surface area contributed by atoms with Gasteiger partial charge in [-0.15, -0.1) is 0 Å². The maximum Gasteiger partial charge on any atom is 0.444 e. The van der Waals surface area contributed by atoms with E-state index in [9.17, 15) is 48.3 Å². The van der Waals surface area contributed by atoms with Crippen LogP contribution in [0.5, 0.6) is 0 Å². The van der Waals surface area contributed by atoms with Crippen LogP contribution < -0.4 is 5.73 Å². The molecule has 1 unspecified atom stereocenters. The van der Waals surface area contributed by atoms with Gasteiger partial charge >= 0.3 is 29.9 Å². The van der Waals surface area contributed by atoms with Gasteiger partial charge in [0.15, 0.2) is 0 Å². The Morgan fingerprint density at radius 3 is 1.38 bits per heavy atom. The Hall–Kier alpha value is -1.34. The number of amidine groups is 1. The molecule has 1 heterocycles. The van der Waals surface area contributed by atoms with Crippen LogP contribution in [0, 0.1) is 0 Å². The van der Waals surface area contributed by atoms with Crippen molar-refractivity contribution in [2.45, 2.75) is 36.3 Å². The molecule has 0 aromatic rings. The van der Waals surface area contributed by atoms with Crippen molar-refractivity contribution >= 4 is 5.84 Å². The van der Waals surface area contributed by atoms with Crippen molar-refractivity contribution in [3.05, 3.63) is 0 Å². The summed E-state index contributed by atoms with van der Waals surface area (Å²) >= 11 is 0. The molecule has 1 aliphatic heterocycles. The number of ether oxygens (including phenoxy) is 1. The highest BCUT2D eigenvalue weighted by molar-refractivity contribution is 5.93. The van der Waals surface area contributed by atoms with Crippen LogP contribution in [0.2, 0.25) is 0 Å². The fraction of sp³-hybridized carbons (Fsp3) is 0.857. The lowest BCUT2D eigenvalue weighted by Crippen LogP contribution is -2.67. The number of hydrogen-bond donors (Lipinski definition) is 1. The molecule has 21 heavy (non-hydrogen) atoms. The number of rotatable bonds is 1. The van der Waals surface area contributed by atoms with Gasteiger partial charge in [-0.25, -0.2) is 13.8 Å². The maximum absolute atomic E-state index is 12.5. The Bertz CT molecular complexity index is 433. The topological polar surface area (TPSA) is 47.6 Å². The van der Waals surface area contributed by atoms with E-state index in [0.29, 0.717) is 0 Å². The van der Waals surface area contributed by atoms with E-state index < -0.39 is 42.1 Å². The molecule has 3 nitrogen and oxygen atoms in total. The average Bonchev–Trinajstić information content (AvgIpc) is 2.51. The monoisotopic (exact) mass is 340 g/mol. The second-order valence-corrected chi connectivity index (χ2v) is 3.77. The van der Waals surface area contributed by atoms with E-state index >= 15 is 0 Å². The first kappa shape index (κ1) is 17.7. The zero-order valence-corrected chi connectivity index (χ0v) is 9.17. The fourth-order valence-corrected chi connectivity index (χ4v) is 1.47. The smallest absolute Gasteiger partial charge is 0.384 e. The molecule has 2 N–H and O–H groups in total. The third-order valence-electron chi connectivity index (χ3n) is 2.46. The van der Waals surface area contributed by atoms with Gasteiger partial charge in [0.2, 0.25) is 0 Å². The summed E-state index contributed by atoms with van der Waals surface area (Å²) < 4.78 is 140. The molecule has 0 amide bonds. The summed E-state index contributed by atoms with van der Waals surface area (Å²) in [5.41, 5.74) is -6.88. The fourth-order valence-electron chi connectivity index (χ4n) is 1.47. The summed E-state index contributed by atoms with van der Waals surface area (Å²) in [5, 5.41) is 0. The lowest BCUT2D eigenvalue weighted by Gasteiger charge is -2.36. The van der Waals surface area contributed by atoms with E-state index in [-0.39, 0.29) is 0 Å². The summed E-state index contributed by atoms with van der Waals surface area (Å²) in [5.74, 6) is -2.81. The molecule has 1 aliphatic rings. The van der Waals surface area contributed by atoms with Crippen molar-refractivity contribution in [3.8, 4) is 0 Å². The van der Waals surface area contributed by atoms with Crippen LogP contribution >= 0.6 is 0 Å². The summed E-state index contributed by atoms with van der Waals surface area (Å²) in [6, 6.07) is 0. The van der Waals surface area contributed by atoms with Gasteiger partial charge in [0, 0.05) is 0 Å². The highest BCUT2D eigenvalue weighted by atomic mass is 19.4. The van der Waals surface area contributed by atoms with Crippen molar-refractivity contribution in [2.24, 2.45) is 10.7 Å². The van der Waals surface area contributed by atoms with Gasteiger partial charge in [-0.3, -0.25) is 0 Å². The van der Waals surface area contributed by atoms with Crippen molar-refractivity contribution in [1.82, 2.24) is 0 Å². The Morgan fingerprint density at radius 1 is 0.857 bits per heavy atom. The van der Waals surface area contributed by atoms with Gasteiger partial charge in [0.1, 0.15) is 5.84 Å². The summed E-state index contributed by atoms with van der Waals surface area (Å²) in [6.45, 7) is 0. The molecular weight excluding hydrogens is 337 g/mol. The van der Waals surface area contributed by atoms with Gasteiger partial charge in [-0.2, -0.15) is 39.5 Å². The Morgan fingerprint density at radius 2 is 1.24 bits per heavy atom. The Kier molecular flexibility index (Phi) is 3.65. The minimum atomic E-state index is -6.60. The van der Waals surface area contributed by atoms with E-state index in [4.69, 9.17) is 0 Å². The number of halogens is 11. The van der Waals surface area contributed by atoms with E-state index in [1.54, 1.807) is 4.99 Å². The summed E-state index contributed by atoms with van der Waals surface area (Å²) in [4.78, 5) is 1.63. The number of nitrogens with two attached hydrogens (primary N) is 1. The number of aliphatic imine (C=N–C) groups is 1. The van der Waals surface area contributed by atoms with Crippen LogP contribution in [0.25, 0.3) is 0 Å². The standard InChI is InChI=1S/C7H3F11N2O/c8-1(9)4(7(16,17)18)20-2(19)3(21-4,5(10,11)12)6(13,14)15/h1H,(H2,19,20). The first-order valence-corrected chi connectivity index (χ1v) is 4.57. The van der Waals surface area contributed by atoms with Crippen LogP contribution in [0.15, 0.2) is 4.99 Å². The normalized spacial score (nSPS) is 27.1. The summed E-state index contributed by atoms with van der Waals surface area (Å²) in [7, 11) is 0. The van der Waals surface area contributed by atoms with Crippen molar-refractivity contribution in [1.29, 1.82) is 0 Å². The first-order valence-electron chi connectivity index (χ1n) is 4.57. The van der Waals surface area contributed by atoms with Gasteiger partial charge in [0.05, 0.1) is 0 Å². The highest BCUT2D eigenvalue weighted by Crippen LogP contribution is 2.56. The van der Waals surface area contributed by atoms with Crippen LogP contribution in [0.4, 0.5) is 48.3 Å². The van der Waals surface area contributed by atoms with Gasteiger partial charge < -0.3 is 10.5 Å². The highest BCUT2D eigenvalue weighted by Gasteiger charge is 2.84. The van der Waals surface area contributed by atoms with E-state index in [2.05, 4.69) is 10.5 Å². The second kappa shape index (κ2) is 4.33. The lowest BCUT2D eigenvalue weighted by molar-refractivity contribution is -0.407. The SMILES string of the molecule is NC1=NC(C(F)F)(C(F)(F)F)OC1(C(F)(F)F)C(F)(F)F. The van der Waals surface area contributed by atoms with Crippen LogP contribution in [0.1, 0.15) is 0 Å². The predicted octanol–water partition coefficient (Wildman–Crippen LogP) is 2.76. The van der Waals surface area contributed by atoms with Gasteiger partial charge in [-0.1, -0.05) is 0 Å². The molecule has 14 heteroatoms. The quantitative estimate of drug-likeness (QED) is 0.747. The molecule has 0 aromatic heterocycles. The largest absolute Gasteiger partial charge is 0.444 e. The average molecular weight is 340 g/mol. The van der Waals surface area contributed by atoms with Crippen LogP contribution in [0.3, 0.4) is 0 Å². The summed E-state index contributed by atoms with van der Waals surface area (Å²) in [6.07, 6.45) is -24.4.